The number of aliphatic hydroxyl groups is 1. The van der Waals surface area contributed by atoms with Crippen LogP contribution < -0.4 is 10.6 Å². The SMILES string of the molecule is CC(CO)C(C)NC(=O)NCC(C)N(C)C1CC1. The van der Waals surface area contributed by atoms with Crippen LogP contribution in [0.5, 0.6) is 0 Å². The standard InChI is InChI=1S/C13H27N3O2/c1-9(8-17)11(3)15-13(18)14-7-10(2)16(4)12-5-6-12/h9-12,17H,5-8H2,1-4H3,(H2,14,15,18). The molecule has 0 radical (unpaired) electrons. The molecule has 1 aliphatic rings. The van der Waals surface area contributed by atoms with Crippen molar-refractivity contribution in [3.05, 3.63) is 0 Å². The highest BCUT2D eigenvalue weighted by molar-refractivity contribution is 5.74. The van der Waals surface area contributed by atoms with E-state index in [4.69, 9.17) is 5.11 Å². The molecule has 2 amide bonds. The van der Waals surface area contributed by atoms with Gasteiger partial charge in [-0.25, -0.2) is 4.79 Å². The molecule has 0 bridgehead atoms. The molecule has 1 aliphatic carbocycles. The number of nitrogens with zero attached hydrogens (tertiary/aromatic N) is 1. The fraction of sp³-hybridized carbons (Fsp3) is 0.923. The number of aliphatic hydroxyl groups excluding tert-OH is 1. The Morgan fingerprint density at radius 1 is 1.39 bits per heavy atom. The topological polar surface area (TPSA) is 64.6 Å². The van der Waals surface area contributed by atoms with Gasteiger partial charge in [0.2, 0.25) is 0 Å². The average Bonchev–Trinajstić information content (AvgIpc) is 3.17. The second kappa shape index (κ2) is 6.95. The van der Waals surface area contributed by atoms with Crippen molar-refractivity contribution in [1.29, 1.82) is 0 Å². The van der Waals surface area contributed by atoms with Crippen LogP contribution in [0.4, 0.5) is 4.79 Å². The van der Waals surface area contributed by atoms with E-state index in [1.54, 1.807) is 0 Å². The maximum atomic E-state index is 11.7. The number of amides is 2. The summed E-state index contributed by atoms with van der Waals surface area (Å²) < 4.78 is 0. The Morgan fingerprint density at radius 2 is 2.00 bits per heavy atom. The Kier molecular flexibility index (Phi) is 5.88. The number of carbonyl (C=O) groups is 1. The molecule has 0 saturated heterocycles. The van der Waals surface area contributed by atoms with Crippen molar-refractivity contribution in [2.24, 2.45) is 5.92 Å². The molecule has 0 aromatic rings. The zero-order valence-corrected chi connectivity index (χ0v) is 11.9. The molecule has 0 aromatic heterocycles. The van der Waals surface area contributed by atoms with E-state index >= 15 is 0 Å². The number of rotatable bonds is 7. The van der Waals surface area contributed by atoms with Gasteiger partial charge < -0.3 is 15.7 Å². The Bertz CT molecular complexity index is 269. The first-order chi connectivity index (χ1) is 8.45. The van der Waals surface area contributed by atoms with Gasteiger partial charge in [-0.1, -0.05) is 6.92 Å². The highest BCUT2D eigenvalue weighted by atomic mass is 16.3. The van der Waals surface area contributed by atoms with Gasteiger partial charge in [-0.3, -0.25) is 4.90 Å². The van der Waals surface area contributed by atoms with Crippen LogP contribution in [-0.2, 0) is 0 Å². The first kappa shape index (κ1) is 15.2. The molecule has 3 N–H and O–H groups in total. The predicted molar refractivity (Wildman–Crippen MR) is 72.5 cm³/mol. The van der Waals surface area contributed by atoms with E-state index in [1.165, 1.54) is 12.8 Å². The first-order valence-electron chi connectivity index (χ1n) is 6.82. The number of likely N-dealkylation sites (N-methyl/N-ethyl adjacent to an activating group) is 1. The third-order valence-electron chi connectivity index (χ3n) is 3.88. The van der Waals surface area contributed by atoms with Crippen LogP contribution >= 0.6 is 0 Å². The van der Waals surface area contributed by atoms with E-state index in [0.717, 1.165) is 0 Å². The molecular weight excluding hydrogens is 230 g/mol. The van der Waals surface area contributed by atoms with E-state index in [2.05, 4.69) is 29.5 Å². The minimum Gasteiger partial charge on any atom is -0.396 e. The van der Waals surface area contributed by atoms with Gasteiger partial charge in [0.05, 0.1) is 0 Å². The van der Waals surface area contributed by atoms with E-state index in [9.17, 15) is 4.79 Å². The molecule has 3 atom stereocenters. The van der Waals surface area contributed by atoms with E-state index in [1.807, 2.05) is 13.8 Å². The molecular formula is C13H27N3O2. The fourth-order valence-corrected chi connectivity index (χ4v) is 1.78. The van der Waals surface area contributed by atoms with Crippen molar-refractivity contribution < 1.29 is 9.90 Å². The van der Waals surface area contributed by atoms with Crippen molar-refractivity contribution >= 4 is 6.03 Å². The summed E-state index contributed by atoms with van der Waals surface area (Å²) in [6.07, 6.45) is 2.55. The zero-order valence-electron chi connectivity index (χ0n) is 11.9. The quantitative estimate of drug-likeness (QED) is 0.631. The lowest BCUT2D eigenvalue weighted by Gasteiger charge is -2.25. The molecule has 0 heterocycles. The number of hydrogen-bond donors (Lipinski definition) is 3. The summed E-state index contributed by atoms with van der Waals surface area (Å²) in [4.78, 5) is 14.0. The summed E-state index contributed by atoms with van der Waals surface area (Å²) in [7, 11) is 2.11. The molecule has 5 nitrogen and oxygen atoms in total. The fourth-order valence-electron chi connectivity index (χ4n) is 1.78. The molecule has 18 heavy (non-hydrogen) atoms. The number of nitrogens with one attached hydrogen (secondary N) is 2. The second-order valence-corrected chi connectivity index (χ2v) is 5.55. The predicted octanol–water partition coefficient (Wildman–Crippen LogP) is 0.785. The van der Waals surface area contributed by atoms with Gasteiger partial charge in [-0.15, -0.1) is 0 Å². The highest BCUT2D eigenvalue weighted by Crippen LogP contribution is 2.26. The molecule has 0 spiro atoms. The van der Waals surface area contributed by atoms with Crippen molar-refractivity contribution in [2.45, 2.75) is 51.7 Å². The average molecular weight is 257 g/mol. The van der Waals surface area contributed by atoms with Crippen LogP contribution in [0.3, 0.4) is 0 Å². The van der Waals surface area contributed by atoms with Crippen LogP contribution in [0.2, 0.25) is 0 Å². The smallest absolute Gasteiger partial charge is 0.315 e. The summed E-state index contributed by atoms with van der Waals surface area (Å²) in [6, 6.07) is 0.886. The van der Waals surface area contributed by atoms with Gasteiger partial charge in [-0.05, 0) is 39.7 Å². The van der Waals surface area contributed by atoms with Gasteiger partial charge in [0.1, 0.15) is 0 Å². The van der Waals surface area contributed by atoms with Crippen LogP contribution in [0.25, 0.3) is 0 Å². The Balaban J connectivity index is 2.19. The van der Waals surface area contributed by atoms with Crippen LogP contribution in [-0.4, -0.2) is 54.4 Å². The monoisotopic (exact) mass is 257 g/mol. The van der Waals surface area contributed by atoms with Crippen LogP contribution in [0.1, 0.15) is 33.6 Å². The third-order valence-corrected chi connectivity index (χ3v) is 3.88. The Hall–Kier alpha value is -0.810. The maximum absolute atomic E-state index is 11.7. The van der Waals surface area contributed by atoms with E-state index < -0.39 is 0 Å². The minimum absolute atomic E-state index is 0.0218. The Labute approximate surface area is 110 Å². The van der Waals surface area contributed by atoms with Crippen LogP contribution in [0.15, 0.2) is 0 Å². The van der Waals surface area contributed by atoms with Gasteiger partial charge in [0, 0.05) is 31.3 Å². The lowest BCUT2D eigenvalue weighted by molar-refractivity contribution is 0.196. The van der Waals surface area contributed by atoms with E-state index in [-0.39, 0.29) is 24.6 Å². The number of urea groups is 1. The van der Waals surface area contributed by atoms with Gasteiger partial charge >= 0.3 is 6.03 Å². The maximum Gasteiger partial charge on any atom is 0.315 e. The van der Waals surface area contributed by atoms with Gasteiger partial charge in [-0.2, -0.15) is 0 Å². The van der Waals surface area contributed by atoms with Crippen molar-refractivity contribution in [2.75, 3.05) is 20.2 Å². The summed E-state index contributed by atoms with van der Waals surface area (Å²) in [6.45, 7) is 6.67. The van der Waals surface area contributed by atoms with Gasteiger partial charge in [0.15, 0.2) is 0 Å². The Morgan fingerprint density at radius 3 is 2.50 bits per heavy atom. The van der Waals surface area contributed by atoms with Crippen molar-refractivity contribution in [1.82, 2.24) is 15.5 Å². The number of carbonyl (C=O) groups excluding carboxylic acids is 1. The third kappa shape index (κ3) is 4.82. The van der Waals surface area contributed by atoms with Crippen LogP contribution in [0, 0.1) is 5.92 Å². The normalized spacial score (nSPS) is 20.3. The molecule has 106 valence electrons. The lowest BCUT2D eigenvalue weighted by Crippen LogP contribution is -2.48. The molecule has 3 unspecified atom stereocenters. The highest BCUT2D eigenvalue weighted by Gasteiger charge is 2.29. The summed E-state index contributed by atoms with van der Waals surface area (Å²) in [5.41, 5.74) is 0. The van der Waals surface area contributed by atoms with E-state index in [0.29, 0.717) is 18.6 Å². The number of hydrogen-bond acceptors (Lipinski definition) is 3. The summed E-state index contributed by atoms with van der Waals surface area (Å²) in [5.74, 6) is 0.0716. The second-order valence-electron chi connectivity index (χ2n) is 5.55. The molecule has 1 saturated carbocycles. The molecule has 1 rings (SSSR count). The largest absolute Gasteiger partial charge is 0.396 e. The molecule has 0 aromatic carbocycles. The lowest BCUT2D eigenvalue weighted by atomic mass is 10.1. The molecule has 0 aliphatic heterocycles. The minimum atomic E-state index is -0.154. The van der Waals surface area contributed by atoms with Crippen molar-refractivity contribution in [3.63, 3.8) is 0 Å². The van der Waals surface area contributed by atoms with Gasteiger partial charge in [0.25, 0.3) is 0 Å². The molecule has 1 fully saturated rings. The molecule has 5 heteroatoms. The van der Waals surface area contributed by atoms with Crippen molar-refractivity contribution in [3.8, 4) is 0 Å². The summed E-state index contributed by atoms with van der Waals surface area (Å²) >= 11 is 0. The first-order valence-corrected chi connectivity index (χ1v) is 6.82. The summed E-state index contributed by atoms with van der Waals surface area (Å²) in [5, 5.41) is 14.7. The zero-order chi connectivity index (χ0) is 13.7.